The number of alkyl halides is 1. The summed E-state index contributed by atoms with van der Waals surface area (Å²) in [6.45, 7) is 6.40. The maximum absolute atomic E-state index is 6.02. The minimum atomic E-state index is 0.321. The summed E-state index contributed by atoms with van der Waals surface area (Å²) in [6.07, 6.45) is 2.30. The van der Waals surface area contributed by atoms with Crippen molar-refractivity contribution >= 4 is 23.4 Å². The highest BCUT2D eigenvalue weighted by atomic mass is 35.5. The second-order valence-corrected chi connectivity index (χ2v) is 4.80. The number of hydrogen-bond acceptors (Lipinski definition) is 2. The molecule has 0 bridgehead atoms. The van der Waals surface area contributed by atoms with Gasteiger partial charge < -0.3 is 5.32 Å². The summed E-state index contributed by atoms with van der Waals surface area (Å²) in [6, 6.07) is 0. The first kappa shape index (κ1) is 12.6. The van der Waals surface area contributed by atoms with E-state index in [0.717, 1.165) is 19.5 Å². The van der Waals surface area contributed by atoms with Gasteiger partial charge in [0.15, 0.2) is 0 Å². The van der Waals surface area contributed by atoms with E-state index in [1.165, 1.54) is 17.9 Å². The molecule has 74 valence electrons. The van der Waals surface area contributed by atoms with Gasteiger partial charge in [0.25, 0.3) is 0 Å². The molecule has 0 fully saturated rings. The quantitative estimate of drug-likeness (QED) is 0.488. The van der Waals surface area contributed by atoms with Gasteiger partial charge in [-0.3, -0.25) is 0 Å². The Balaban J connectivity index is 2.97. The third kappa shape index (κ3) is 8.69. The number of halogens is 1. The monoisotopic (exact) mass is 209 g/mol. The summed E-state index contributed by atoms with van der Waals surface area (Å²) in [5, 5.41) is 3.67. The molecule has 0 aromatic heterocycles. The van der Waals surface area contributed by atoms with Crippen LogP contribution in [-0.2, 0) is 0 Å². The second-order valence-electron chi connectivity index (χ2n) is 2.79. The standard InChI is InChI=1S/C9H20ClNS/c1-3-5-9(10)8-11-6-7-12-4-2/h9,11H,3-8H2,1-2H3. The maximum atomic E-state index is 6.02. The summed E-state index contributed by atoms with van der Waals surface area (Å²) < 4.78 is 0. The summed E-state index contributed by atoms with van der Waals surface area (Å²) in [5.74, 6) is 2.41. The highest BCUT2D eigenvalue weighted by Gasteiger charge is 2.00. The molecule has 0 aliphatic heterocycles. The molecule has 12 heavy (non-hydrogen) atoms. The summed E-state index contributed by atoms with van der Waals surface area (Å²) in [4.78, 5) is 0. The zero-order valence-electron chi connectivity index (χ0n) is 8.11. The molecule has 0 heterocycles. The molecule has 1 unspecified atom stereocenters. The molecule has 0 saturated carbocycles. The van der Waals surface area contributed by atoms with Crippen molar-refractivity contribution < 1.29 is 0 Å². The number of hydrogen-bond donors (Lipinski definition) is 1. The lowest BCUT2D eigenvalue weighted by Gasteiger charge is -2.08. The Labute approximate surface area is 85.6 Å². The van der Waals surface area contributed by atoms with E-state index in [9.17, 15) is 0 Å². The zero-order chi connectivity index (χ0) is 9.23. The van der Waals surface area contributed by atoms with Crippen molar-refractivity contribution in [3.63, 3.8) is 0 Å². The molecule has 0 rings (SSSR count). The fourth-order valence-corrected chi connectivity index (χ4v) is 1.87. The number of rotatable bonds is 8. The van der Waals surface area contributed by atoms with Crippen molar-refractivity contribution in [2.75, 3.05) is 24.6 Å². The normalized spacial score (nSPS) is 13.2. The van der Waals surface area contributed by atoms with Crippen molar-refractivity contribution in [3.05, 3.63) is 0 Å². The molecule has 0 aromatic rings. The van der Waals surface area contributed by atoms with Gasteiger partial charge in [-0.15, -0.1) is 11.6 Å². The topological polar surface area (TPSA) is 12.0 Å². The predicted octanol–water partition coefficient (Wildman–Crippen LogP) is 2.74. The molecule has 0 aliphatic rings. The molecule has 3 heteroatoms. The van der Waals surface area contributed by atoms with Crippen LogP contribution in [0.1, 0.15) is 26.7 Å². The van der Waals surface area contributed by atoms with Crippen molar-refractivity contribution in [1.82, 2.24) is 5.32 Å². The smallest absolute Gasteiger partial charge is 0.0460 e. The summed E-state index contributed by atoms with van der Waals surface area (Å²) >= 11 is 7.99. The predicted molar refractivity (Wildman–Crippen MR) is 60.4 cm³/mol. The van der Waals surface area contributed by atoms with Crippen LogP contribution in [0.3, 0.4) is 0 Å². The van der Waals surface area contributed by atoms with Crippen LogP contribution in [0.4, 0.5) is 0 Å². The Morgan fingerprint density at radius 2 is 2.17 bits per heavy atom. The lowest BCUT2D eigenvalue weighted by molar-refractivity contribution is 0.643. The molecule has 1 N–H and O–H groups in total. The van der Waals surface area contributed by atoms with E-state index in [1.54, 1.807) is 0 Å². The van der Waals surface area contributed by atoms with Crippen molar-refractivity contribution in [1.29, 1.82) is 0 Å². The van der Waals surface area contributed by atoms with Gasteiger partial charge in [0.05, 0.1) is 0 Å². The molecular formula is C9H20ClNS. The van der Waals surface area contributed by atoms with E-state index < -0.39 is 0 Å². The van der Waals surface area contributed by atoms with Crippen molar-refractivity contribution in [3.8, 4) is 0 Å². The van der Waals surface area contributed by atoms with E-state index in [4.69, 9.17) is 11.6 Å². The first-order chi connectivity index (χ1) is 5.81. The van der Waals surface area contributed by atoms with Crippen LogP contribution in [-0.4, -0.2) is 30.0 Å². The SMILES string of the molecule is CCCC(Cl)CNCCSCC. The van der Waals surface area contributed by atoms with Gasteiger partial charge >= 0.3 is 0 Å². The highest BCUT2D eigenvalue weighted by Crippen LogP contribution is 2.03. The molecule has 0 saturated heterocycles. The van der Waals surface area contributed by atoms with Crippen LogP contribution in [0.25, 0.3) is 0 Å². The van der Waals surface area contributed by atoms with Crippen molar-refractivity contribution in [2.24, 2.45) is 0 Å². The van der Waals surface area contributed by atoms with E-state index in [2.05, 4.69) is 19.2 Å². The molecular weight excluding hydrogens is 190 g/mol. The Bertz CT molecular complexity index is 90.6. The fraction of sp³-hybridized carbons (Fsp3) is 1.00. The van der Waals surface area contributed by atoms with Crippen LogP contribution in [0.15, 0.2) is 0 Å². The number of thioether (sulfide) groups is 1. The van der Waals surface area contributed by atoms with Crippen LogP contribution in [0, 0.1) is 0 Å². The lowest BCUT2D eigenvalue weighted by Crippen LogP contribution is -2.25. The third-order valence-corrected chi connectivity index (χ3v) is 2.87. The summed E-state index contributed by atoms with van der Waals surface area (Å²) in [5.41, 5.74) is 0. The molecule has 1 atom stereocenters. The Hall–Kier alpha value is 0.600. The Kier molecular flexibility index (Phi) is 10.2. The Morgan fingerprint density at radius 3 is 2.75 bits per heavy atom. The van der Waals surface area contributed by atoms with Gasteiger partial charge in [0.2, 0.25) is 0 Å². The Morgan fingerprint density at radius 1 is 1.42 bits per heavy atom. The van der Waals surface area contributed by atoms with Gasteiger partial charge in [0.1, 0.15) is 0 Å². The average Bonchev–Trinajstić information content (AvgIpc) is 2.05. The highest BCUT2D eigenvalue weighted by molar-refractivity contribution is 7.99. The maximum Gasteiger partial charge on any atom is 0.0460 e. The van der Waals surface area contributed by atoms with Crippen LogP contribution in [0.5, 0.6) is 0 Å². The van der Waals surface area contributed by atoms with Crippen LogP contribution < -0.4 is 5.32 Å². The molecule has 0 aliphatic carbocycles. The van der Waals surface area contributed by atoms with E-state index in [0.29, 0.717) is 5.38 Å². The molecule has 1 nitrogen and oxygen atoms in total. The van der Waals surface area contributed by atoms with Crippen molar-refractivity contribution in [2.45, 2.75) is 32.1 Å². The first-order valence-electron chi connectivity index (χ1n) is 4.73. The molecule has 0 aromatic carbocycles. The first-order valence-corrected chi connectivity index (χ1v) is 6.32. The van der Waals surface area contributed by atoms with Crippen LogP contribution >= 0.6 is 23.4 Å². The molecule has 0 amide bonds. The third-order valence-electron chi connectivity index (χ3n) is 1.60. The average molecular weight is 210 g/mol. The fourth-order valence-electron chi connectivity index (χ4n) is 0.963. The van der Waals surface area contributed by atoms with E-state index in [1.807, 2.05) is 11.8 Å². The van der Waals surface area contributed by atoms with Gasteiger partial charge in [-0.05, 0) is 12.2 Å². The second kappa shape index (κ2) is 9.69. The van der Waals surface area contributed by atoms with Crippen LogP contribution in [0.2, 0.25) is 0 Å². The van der Waals surface area contributed by atoms with E-state index in [-0.39, 0.29) is 0 Å². The molecule has 0 spiro atoms. The van der Waals surface area contributed by atoms with Gasteiger partial charge in [0, 0.05) is 24.2 Å². The summed E-state index contributed by atoms with van der Waals surface area (Å²) in [7, 11) is 0. The van der Waals surface area contributed by atoms with Gasteiger partial charge in [-0.25, -0.2) is 0 Å². The number of nitrogens with one attached hydrogen (secondary N) is 1. The largest absolute Gasteiger partial charge is 0.314 e. The van der Waals surface area contributed by atoms with Gasteiger partial charge in [-0.2, -0.15) is 11.8 Å². The lowest BCUT2D eigenvalue weighted by atomic mass is 10.2. The van der Waals surface area contributed by atoms with Gasteiger partial charge in [-0.1, -0.05) is 20.3 Å². The minimum absolute atomic E-state index is 0.321. The zero-order valence-corrected chi connectivity index (χ0v) is 9.68. The molecule has 0 radical (unpaired) electrons. The minimum Gasteiger partial charge on any atom is -0.314 e. The van der Waals surface area contributed by atoms with E-state index >= 15 is 0 Å².